The van der Waals surface area contributed by atoms with Crippen LogP contribution in [0.3, 0.4) is 0 Å². The summed E-state index contributed by atoms with van der Waals surface area (Å²) in [6.07, 6.45) is 6.36. The Morgan fingerprint density at radius 1 is 1.02 bits per heavy atom. The van der Waals surface area contributed by atoms with Crippen molar-refractivity contribution in [1.29, 1.82) is 0 Å². The van der Waals surface area contributed by atoms with Crippen LogP contribution < -0.4 is 4.74 Å². The molecule has 264 valence electrons. The molecule has 0 aliphatic carbocycles. The van der Waals surface area contributed by atoms with E-state index in [0.29, 0.717) is 37.1 Å². The number of nitrogens with zero attached hydrogens (tertiary/aromatic N) is 1. The molecule has 1 unspecified atom stereocenters. The molecule has 0 spiro atoms. The van der Waals surface area contributed by atoms with Crippen molar-refractivity contribution in [3.63, 3.8) is 0 Å². The largest absolute Gasteiger partial charge is 0.466 e. The van der Waals surface area contributed by atoms with Gasteiger partial charge in [-0.1, -0.05) is 31.2 Å². The summed E-state index contributed by atoms with van der Waals surface area (Å²) in [5.41, 5.74) is 3.60. The number of thioether (sulfide) groups is 1. The second-order valence-electron chi connectivity index (χ2n) is 12.3. The van der Waals surface area contributed by atoms with E-state index in [4.69, 9.17) is 14.2 Å². The van der Waals surface area contributed by atoms with E-state index in [9.17, 15) is 9.59 Å². The SMILES string of the molecule is CCCSCc1c(Oc2ccc(F)c(-c3ncc(C(C)(CCCOC(C)=O)c4cccc(CCC(=O)OCC)c4)[nH]3)c2)c(F)cc2[nH]ccc12. The highest BCUT2D eigenvalue weighted by Gasteiger charge is 2.32. The fraction of sp³-hybridized carbons (Fsp3) is 0.359. The molecule has 0 amide bonds. The smallest absolute Gasteiger partial charge is 0.306 e. The Hall–Kier alpha value is -4.64. The van der Waals surface area contributed by atoms with Crippen molar-refractivity contribution in [1.82, 2.24) is 15.0 Å². The van der Waals surface area contributed by atoms with Gasteiger partial charge in [-0.05, 0) is 80.7 Å². The Kier molecular flexibility index (Phi) is 12.3. The van der Waals surface area contributed by atoms with Crippen LogP contribution in [0.5, 0.6) is 11.5 Å². The van der Waals surface area contributed by atoms with Gasteiger partial charge in [0.05, 0.1) is 18.8 Å². The standard InChI is InChI=1S/C39H43F2N3O5S/c1-5-19-50-24-31-29-15-17-42-34(29)22-33(41)37(31)49-28-12-13-32(40)30(21-28)38-43-23-35(44-38)39(4,16-8-18-48-25(3)45)27-10-7-9-26(20-27)11-14-36(46)47-6-2/h7,9-10,12-13,15,17,20-23,42H,5-6,8,11,14,16,18-19,24H2,1-4H3,(H,43,44). The van der Waals surface area contributed by atoms with Crippen molar-refractivity contribution in [2.24, 2.45) is 0 Å². The number of carbonyl (C=O) groups excluding carboxylic acids is 2. The number of hydrogen-bond donors (Lipinski definition) is 2. The zero-order valence-corrected chi connectivity index (χ0v) is 29.7. The zero-order valence-electron chi connectivity index (χ0n) is 28.9. The summed E-state index contributed by atoms with van der Waals surface area (Å²) in [4.78, 5) is 34.5. The fourth-order valence-electron chi connectivity index (χ4n) is 6.03. The number of imidazole rings is 1. The van der Waals surface area contributed by atoms with Crippen molar-refractivity contribution in [2.45, 2.75) is 71.0 Å². The average Bonchev–Trinajstić information content (AvgIpc) is 3.79. The van der Waals surface area contributed by atoms with Crippen LogP contribution in [0.1, 0.15) is 75.8 Å². The predicted octanol–water partition coefficient (Wildman–Crippen LogP) is 9.42. The Bertz CT molecular complexity index is 1940. The van der Waals surface area contributed by atoms with Crippen molar-refractivity contribution in [3.8, 4) is 22.9 Å². The predicted molar refractivity (Wildman–Crippen MR) is 192 cm³/mol. The van der Waals surface area contributed by atoms with Crippen molar-refractivity contribution in [3.05, 3.63) is 101 Å². The summed E-state index contributed by atoms with van der Waals surface area (Å²) in [5.74, 6) is 0.516. The van der Waals surface area contributed by atoms with E-state index < -0.39 is 17.0 Å². The minimum atomic E-state index is -0.643. The van der Waals surface area contributed by atoms with Crippen LogP contribution in [0.25, 0.3) is 22.3 Å². The average molecular weight is 704 g/mol. The molecule has 2 heterocycles. The molecule has 11 heteroatoms. The summed E-state index contributed by atoms with van der Waals surface area (Å²) < 4.78 is 47.4. The van der Waals surface area contributed by atoms with Crippen molar-refractivity contribution < 1.29 is 32.6 Å². The molecule has 0 saturated carbocycles. The van der Waals surface area contributed by atoms with Gasteiger partial charge in [-0.2, -0.15) is 11.8 Å². The van der Waals surface area contributed by atoms with Gasteiger partial charge in [0, 0.05) is 65.1 Å². The topological polar surface area (TPSA) is 106 Å². The van der Waals surface area contributed by atoms with Gasteiger partial charge in [0.25, 0.3) is 0 Å². The van der Waals surface area contributed by atoms with Gasteiger partial charge in [0.15, 0.2) is 11.6 Å². The van der Waals surface area contributed by atoms with Crippen molar-refractivity contribution in [2.75, 3.05) is 19.0 Å². The van der Waals surface area contributed by atoms with Gasteiger partial charge < -0.3 is 24.2 Å². The van der Waals surface area contributed by atoms with Crippen LogP contribution in [-0.4, -0.2) is 45.9 Å². The monoisotopic (exact) mass is 703 g/mol. The molecule has 0 radical (unpaired) electrons. The number of rotatable bonds is 17. The van der Waals surface area contributed by atoms with Crippen LogP contribution >= 0.6 is 11.8 Å². The summed E-state index contributed by atoms with van der Waals surface area (Å²) in [6.45, 7) is 7.87. The number of aromatic nitrogens is 3. The Labute approximate surface area is 295 Å². The van der Waals surface area contributed by atoms with E-state index >= 15 is 8.78 Å². The van der Waals surface area contributed by atoms with E-state index in [0.717, 1.165) is 39.9 Å². The van der Waals surface area contributed by atoms with E-state index in [1.54, 1.807) is 31.1 Å². The number of halogens is 2. The first-order valence-corrected chi connectivity index (χ1v) is 18.1. The number of fused-ring (bicyclic) bond motifs is 1. The third-order valence-corrected chi connectivity index (χ3v) is 9.85. The number of esters is 2. The Morgan fingerprint density at radius 3 is 2.64 bits per heavy atom. The summed E-state index contributed by atoms with van der Waals surface area (Å²) in [5, 5.41) is 0.876. The maximum Gasteiger partial charge on any atom is 0.306 e. The lowest BCUT2D eigenvalue weighted by molar-refractivity contribution is -0.143. The number of aryl methyl sites for hydroxylation is 1. The number of carbonyl (C=O) groups is 2. The number of aromatic amines is 2. The van der Waals surface area contributed by atoms with Gasteiger partial charge >= 0.3 is 11.9 Å². The number of ether oxygens (including phenoxy) is 3. The first kappa shape index (κ1) is 36.6. The number of H-pyrrole nitrogens is 2. The molecule has 8 nitrogen and oxygen atoms in total. The number of hydrogen-bond acceptors (Lipinski definition) is 7. The molecule has 0 bridgehead atoms. The molecular formula is C39H43F2N3O5S. The maximum atomic E-state index is 15.5. The maximum absolute atomic E-state index is 15.5. The van der Waals surface area contributed by atoms with Gasteiger partial charge in [0.2, 0.25) is 0 Å². The van der Waals surface area contributed by atoms with Crippen LogP contribution in [-0.2, 0) is 36.7 Å². The van der Waals surface area contributed by atoms with E-state index in [1.807, 2.05) is 30.3 Å². The highest BCUT2D eigenvalue weighted by Crippen LogP contribution is 2.40. The Balaban J connectivity index is 1.46. The van der Waals surface area contributed by atoms with Gasteiger partial charge in [0.1, 0.15) is 17.4 Å². The van der Waals surface area contributed by atoms with E-state index in [2.05, 4.69) is 28.8 Å². The van der Waals surface area contributed by atoms with E-state index in [-0.39, 0.29) is 47.9 Å². The highest BCUT2D eigenvalue weighted by atomic mass is 32.2. The second-order valence-corrected chi connectivity index (χ2v) is 13.4. The minimum absolute atomic E-state index is 0.113. The molecule has 0 aliphatic heterocycles. The normalized spacial score (nSPS) is 12.5. The highest BCUT2D eigenvalue weighted by molar-refractivity contribution is 7.98. The molecule has 5 rings (SSSR count). The van der Waals surface area contributed by atoms with Crippen LogP contribution in [0.4, 0.5) is 8.78 Å². The molecular weight excluding hydrogens is 661 g/mol. The lowest BCUT2D eigenvalue weighted by Gasteiger charge is -2.30. The van der Waals surface area contributed by atoms with Crippen LogP contribution in [0.15, 0.2) is 67.0 Å². The minimum Gasteiger partial charge on any atom is -0.466 e. The lowest BCUT2D eigenvalue weighted by atomic mass is 9.75. The van der Waals surface area contributed by atoms with Crippen molar-refractivity contribution >= 4 is 34.6 Å². The van der Waals surface area contributed by atoms with Gasteiger partial charge in [-0.25, -0.2) is 13.8 Å². The summed E-state index contributed by atoms with van der Waals surface area (Å²) >= 11 is 1.70. The van der Waals surface area contributed by atoms with Gasteiger partial charge in [-0.15, -0.1) is 0 Å². The summed E-state index contributed by atoms with van der Waals surface area (Å²) in [6, 6.07) is 15.6. The molecule has 0 fully saturated rings. The third kappa shape index (κ3) is 8.74. The molecule has 0 saturated heterocycles. The Morgan fingerprint density at radius 2 is 1.86 bits per heavy atom. The van der Waals surface area contributed by atoms with Gasteiger partial charge in [-0.3, -0.25) is 9.59 Å². The molecule has 50 heavy (non-hydrogen) atoms. The number of benzene rings is 3. The second kappa shape index (κ2) is 16.8. The van der Waals surface area contributed by atoms with E-state index in [1.165, 1.54) is 31.2 Å². The quantitative estimate of drug-likeness (QED) is 0.0734. The molecule has 5 aromatic rings. The number of nitrogens with one attached hydrogen (secondary N) is 2. The third-order valence-electron chi connectivity index (χ3n) is 8.66. The first-order valence-electron chi connectivity index (χ1n) is 16.9. The molecule has 0 aliphatic rings. The summed E-state index contributed by atoms with van der Waals surface area (Å²) in [7, 11) is 0. The molecule has 2 N–H and O–H groups in total. The molecule has 2 aromatic heterocycles. The lowest BCUT2D eigenvalue weighted by Crippen LogP contribution is -2.25. The zero-order chi connectivity index (χ0) is 35.7. The molecule has 3 aromatic carbocycles. The van der Waals surface area contributed by atoms with Crippen LogP contribution in [0, 0.1) is 11.6 Å². The molecule has 1 atom stereocenters. The first-order chi connectivity index (χ1) is 24.1. The fourth-order valence-corrected chi connectivity index (χ4v) is 6.95. The van der Waals surface area contributed by atoms with Crippen LogP contribution in [0.2, 0.25) is 0 Å².